The van der Waals surface area contributed by atoms with Gasteiger partial charge in [0.2, 0.25) is 5.91 Å². The summed E-state index contributed by atoms with van der Waals surface area (Å²) in [5, 5.41) is 0.536. The molecule has 0 aliphatic heterocycles. The SMILES string of the molecule is CN(CCOc1ccc(F)cc1)C(=O)CCn1cnc2ccccc2c1=O. The summed E-state index contributed by atoms with van der Waals surface area (Å²) in [5.41, 5.74) is 0.482. The number of carbonyl (C=O) groups excluding carboxylic acids is 1. The van der Waals surface area contributed by atoms with E-state index >= 15 is 0 Å². The second kappa shape index (κ2) is 8.44. The van der Waals surface area contributed by atoms with Crippen LogP contribution in [0, 0.1) is 5.82 Å². The fraction of sp³-hybridized carbons (Fsp3) is 0.250. The summed E-state index contributed by atoms with van der Waals surface area (Å²) in [6.07, 6.45) is 1.66. The highest BCUT2D eigenvalue weighted by molar-refractivity contribution is 5.77. The van der Waals surface area contributed by atoms with Gasteiger partial charge in [-0.1, -0.05) is 12.1 Å². The van der Waals surface area contributed by atoms with Gasteiger partial charge in [0.25, 0.3) is 5.56 Å². The topological polar surface area (TPSA) is 64.4 Å². The lowest BCUT2D eigenvalue weighted by Crippen LogP contribution is -2.32. The molecule has 1 heterocycles. The van der Waals surface area contributed by atoms with Crippen molar-refractivity contribution in [2.75, 3.05) is 20.2 Å². The lowest BCUT2D eigenvalue weighted by Gasteiger charge is -2.18. The maximum atomic E-state index is 12.8. The van der Waals surface area contributed by atoms with E-state index in [0.717, 1.165) is 0 Å². The average Bonchev–Trinajstić information content (AvgIpc) is 2.69. The number of benzene rings is 2. The number of amides is 1. The minimum atomic E-state index is -0.326. The third-order valence-corrected chi connectivity index (χ3v) is 4.23. The van der Waals surface area contributed by atoms with Crippen LogP contribution in [-0.4, -0.2) is 40.6 Å². The van der Waals surface area contributed by atoms with Gasteiger partial charge in [-0.3, -0.25) is 14.2 Å². The third-order valence-electron chi connectivity index (χ3n) is 4.23. The van der Waals surface area contributed by atoms with E-state index in [1.54, 1.807) is 30.1 Å². The van der Waals surface area contributed by atoms with Crippen LogP contribution in [0.25, 0.3) is 10.9 Å². The van der Waals surface area contributed by atoms with Gasteiger partial charge >= 0.3 is 0 Å². The van der Waals surface area contributed by atoms with Crippen LogP contribution in [0.2, 0.25) is 0 Å². The first kappa shape index (κ1) is 18.6. The Balaban J connectivity index is 1.50. The second-order valence-electron chi connectivity index (χ2n) is 6.13. The number of aryl methyl sites for hydroxylation is 1. The molecular formula is C20H20FN3O3. The van der Waals surface area contributed by atoms with Gasteiger partial charge in [0, 0.05) is 20.0 Å². The van der Waals surface area contributed by atoms with E-state index in [1.165, 1.54) is 35.2 Å². The lowest BCUT2D eigenvalue weighted by molar-refractivity contribution is -0.130. The van der Waals surface area contributed by atoms with Crippen molar-refractivity contribution in [1.82, 2.24) is 14.5 Å². The summed E-state index contributed by atoms with van der Waals surface area (Å²) in [7, 11) is 1.68. The number of likely N-dealkylation sites (N-methyl/N-ethyl adjacent to an activating group) is 1. The molecule has 0 saturated heterocycles. The average molecular weight is 369 g/mol. The van der Waals surface area contributed by atoms with Crippen molar-refractivity contribution in [2.45, 2.75) is 13.0 Å². The number of hydrogen-bond acceptors (Lipinski definition) is 4. The lowest BCUT2D eigenvalue weighted by atomic mass is 10.2. The number of nitrogens with zero attached hydrogens (tertiary/aromatic N) is 3. The molecule has 3 aromatic rings. The van der Waals surface area contributed by atoms with E-state index in [0.29, 0.717) is 29.8 Å². The van der Waals surface area contributed by atoms with Gasteiger partial charge < -0.3 is 9.64 Å². The minimum absolute atomic E-state index is 0.0993. The monoisotopic (exact) mass is 369 g/mol. The van der Waals surface area contributed by atoms with Crippen molar-refractivity contribution in [3.8, 4) is 5.75 Å². The van der Waals surface area contributed by atoms with Crippen LogP contribution >= 0.6 is 0 Å². The largest absolute Gasteiger partial charge is 0.492 e. The van der Waals surface area contributed by atoms with Crippen molar-refractivity contribution in [3.63, 3.8) is 0 Å². The zero-order valence-electron chi connectivity index (χ0n) is 15.0. The standard InChI is InChI=1S/C20H20FN3O3/c1-23(12-13-27-16-8-6-15(21)7-9-16)19(25)10-11-24-14-22-18-5-3-2-4-17(18)20(24)26/h2-9,14H,10-13H2,1H3. The van der Waals surface area contributed by atoms with E-state index in [2.05, 4.69) is 4.98 Å². The van der Waals surface area contributed by atoms with E-state index in [1.807, 2.05) is 6.07 Å². The highest BCUT2D eigenvalue weighted by Gasteiger charge is 2.10. The maximum absolute atomic E-state index is 12.8. The molecule has 0 saturated carbocycles. The van der Waals surface area contributed by atoms with Crippen molar-refractivity contribution >= 4 is 16.8 Å². The van der Waals surface area contributed by atoms with E-state index in [9.17, 15) is 14.0 Å². The molecule has 7 heteroatoms. The van der Waals surface area contributed by atoms with E-state index in [-0.39, 0.29) is 30.2 Å². The molecule has 2 aromatic carbocycles. The first-order chi connectivity index (χ1) is 13.0. The van der Waals surface area contributed by atoms with Crippen molar-refractivity contribution in [3.05, 3.63) is 71.0 Å². The van der Waals surface area contributed by atoms with E-state index in [4.69, 9.17) is 4.74 Å². The summed E-state index contributed by atoms with van der Waals surface area (Å²) in [5.74, 6) is 0.122. The van der Waals surface area contributed by atoms with Crippen LogP contribution in [0.5, 0.6) is 5.75 Å². The van der Waals surface area contributed by atoms with Crippen molar-refractivity contribution in [1.29, 1.82) is 0 Å². The van der Waals surface area contributed by atoms with E-state index < -0.39 is 0 Å². The Hall–Kier alpha value is -3.22. The quantitative estimate of drug-likeness (QED) is 0.642. The molecule has 0 fully saturated rings. The fourth-order valence-corrected chi connectivity index (χ4v) is 2.63. The molecule has 0 radical (unpaired) electrons. The van der Waals surface area contributed by atoms with Crippen LogP contribution in [0.4, 0.5) is 4.39 Å². The number of hydrogen-bond donors (Lipinski definition) is 0. The highest BCUT2D eigenvalue weighted by Crippen LogP contribution is 2.11. The summed E-state index contributed by atoms with van der Waals surface area (Å²) in [6.45, 7) is 0.949. The molecular weight excluding hydrogens is 349 g/mol. The molecule has 140 valence electrons. The molecule has 0 spiro atoms. The maximum Gasteiger partial charge on any atom is 0.261 e. The number of halogens is 1. The Morgan fingerprint density at radius 1 is 1.19 bits per heavy atom. The summed E-state index contributed by atoms with van der Waals surface area (Å²) < 4.78 is 19.8. The second-order valence-corrected chi connectivity index (χ2v) is 6.13. The van der Waals surface area contributed by atoms with Crippen LogP contribution in [0.3, 0.4) is 0 Å². The molecule has 1 amide bonds. The normalized spacial score (nSPS) is 10.7. The number of para-hydroxylation sites is 1. The Bertz CT molecular complexity index is 986. The number of fused-ring (bicyclic) bond motifs is 1. The molecule has 0 bridgehead atoms. The Morgan fingerprint density at radius 3 is 2.70 bits per heavy atom. The minimum Gasteiger partial charge on any atom is -0.492 e. The number of aromatic nitrogens is 2. The molecule has 0 unspecified atom stereocenters. The predicted octanol–water partition coefficient (Wildman–Crippen LogP) is 2.46. The summed E-state index contributed by atoms with van der Waals surface area (Å²) >= 11 is 0. The van der Waals surface area contributed by atoms with Crippen molar-refractivity contribution in [2.24, 2.45) is 0 Å². The molecule has 27 heavy (non-hydrogen) atoms. The smallest absolute Gasteiger partial charge is 0.261 e. The molecule has 0 aliphatic rings. The Kier molecular flexibility index (Phi) is 5.80. The highest BCUT2D eigenvalue weighted by atomic mass is 19.1. The first-order valence-corrected chi connectivity index (χ1v) is 8.61. The van der Waals surface area contributed by atoms with Gasteiger partial charge in [-0.15, -0.1) is 0 Å². The Morgan fingerprint density at radius 2 is 1.93 bits per heavy atom. The van der Waals surface area contributed by atoms with Gasteiger partial charge in [0.05, 0.1) is 23.8 Å². The van der Waals surface area contributed by atoms with Gasteiger partial charge in [-0.2, -0.15) is 0 Å². The zero-order chi connectivity index (χ0) is 19.2. The van der Waals surface area contributed by atoms with Gasteiger partial charge in [0.15, 0.2) is 0 Å². The fourth-order valence-electron chi connectivity index (χ4n) is 2.63. The number of rotatable bonds is 7. The number of carbonyl (C=O) groups is 1. The first-order valence-electron chi connectivity index (χ1n) is 8.61. The van der Waals surface area contributed by atoms with Crippen molar-refractivity contribution < 1.29 is 13.9 Å². The third kappa shape index (κ3) is 4.69. The Labute approximate surface area is 155 Å². The van der Waals surface area contributed by atoms with Gasteiger partial charge in [-0.25, -0.2) is 9.37 Å². The molecule has 0 aliphatic carbocycles. The molecule has 0 atom stereocenters. The van der Waals surface area contributed by atoms with Crippen LogP contribution in [-0.2, 0) is 11.3 Å². The van der Waals surface area contributed by atoms with Crippen LogP contribution in [0.1, 0.15) is 6.42 Å². The van der Waals surface area contributed by atoms with Crippen LogP contribution in [0.15, 0.2) is 59.7 Å². The summed E-state index contributed by atoms with van der Waals surface area (Å²) in [6, 6.07) is 12.8. The molecule has 6 nitrogen and oxygen atoms in total. The van der Waals surface area contributed by atoms with Gasteiger partial charge in [-0.05, 0) is 36.4 Å². The zero-order valence-corrected chi connectivity index (χ0v) is 15.0. The predicted molar refractivity (Wildman–Crippen MR) is 100 cm³/mol. The summed E-state index contributed by atoms with van der Waals surface area (Å²) in [4.78, 5) is 30.5. The van der Waals surface area contributed by atoms with Gasteiger partial charge in [0.1, 0.15) is 18.2 Å². The molecule has 0 N–H and O–H groups in total. The number of ether oxygens (including phenoxy) is 1. The van der Waals surface area contributed by atoms with Crippen LogP contribution < -0.4 is 10.3 Å². The molecule has 3 rings (SSSR count). The molecule has 1 aromatic heterocycles.